The molecule has 0 atom stereocenters. The summed E-state index contributed by atoms with van der Waals surface area (Å²) in [6, 6.07) is 7.09. The van der Waals surface area contributed by atoms with Gasteiger partial charge in [-0.3, -0.25) is 10.5 Å². The summed E-state index contributed by atoms with van der Waals surface area (Å²) in [4.78, 5) is 0. The van der Waals surface area contributed by atoms with Gasteiger partial charge in [-0.05, 0) is 19.1 Å². The molecule has 0 aliphatic rings. The number of hydrogen-bond acceptors (Lipinski definition) is 3. The fraction of sp³-hybridized carbons (Fsp3) is 0.143. The average Bonchev–Trinajstić information content (AvgIpc) is 2.00. The van der Waals surface area contributed by atoms with Crippen LogP contribution in [0.5, 0.6) is 5.75 Å². The summed E-state index contributed by atoms with van der Waals surface area (Å²) in [5, 5.41) is 20.8. The minimum atomic E-state index is 0.329. The van der Waals surface area contributed by atoms with Crippen molar-refractivity contribution < 1.29 is 15.6 Å². The van der Waals surface area contributed by atoms with E-state index in [0.29, 0.717) is 5.75 Å². The number of aryl methyl sites for hydroxylation is 1. The molecular formula is C7H10O3. The summed E-state index contributed by atoms with van der Waals surface area (Å²) in [5.41, 5.74) is 1.17. The molecule has 0 saturated carbocycles. The van der Waals surface area contributed by atoms with Crippen molar-refractivity contribution >= 4 is 0 Å². The minimum absolute atomic E-state index is 0.329. The second-order valence-corrected chi connectivity index (χ2v) is 1.84. The van der Waals surface area contributed by atoms with Crippen LogP contribution in [0.2, 0.25) is 0 Å². The predicted octanol–water partition coefficient (Wildman–Crippen LogP) is 1.72. The van der Waals surface area contributed by atoms with Gasteiger partial charge in [-0.2, -0.15) is 0 Å². The monoisotopic (exact) mass is 142 g/mol. The summed E-state index contributed by atoms with van der Waals surface area (Å²) < 4.78 is 0. The van der Waals surface area contributed by atoms with Gasteiger partial charge in [0.25, 0.3) is 0 Å². The van der Waals surface area contributed by atoms with Crippen LogP contribution in [-0.4, -0.2) is 15.6 Å². The van der Waals surface area contributed by atoms with Crippen molar-refractivity contribution in [3.63, 3.8) is 0 Å². The molecule has 0 radical (unpaired) electrons. The van der Waals surface area contributed by atoms with Crippen LogP contribution in [0.1, 0.15) is 5.56 Å². The van der Waals surface area contributed by atoms with Crippen molar-refractivity contribution in [3.05, 3.63) is 29.8 Å². The molecule has 3 nitrogen and oxygen atoms in total. The van der Waals surface area contributed by atoms with Crippen LogP contribution in [-0.2, 0) is 0 Å². The van der Waals surface area contributed by atoms with Gasteiger partial charge in [0.05, 0.1) is 0 Å². The Hall–Kier alpha value is -1.06. The third-order valence-corrected chi connectivity index (χ3v) is 1.03. The maximum Gasteiger partial charge on any atom is 0.115 e. The molecule has 0 aliphatic heterocycles. The van der Waals surface area contributed by atoms with Crippen LogP contribution in [0, 0.1) is 6.92 Å². The summed E-state index contributed by atoms with van der Waals surface area (Å²) >= 11 is 0. The van der Waals surface area contributed by atoms with E-state index in [1.807, 2.05) is 19.1 Å². The SMILES string of the molecule is Cc1ccc(O)cc1.OO. The highest BCUT2D eigenvalue weighted by Gasteiger charge is 1.82. The molecule has 3 N–H and O–H groups in total. The van der Waals surface area contributed by atoms with Crippen molar-refractivity contribution in [2.24, 2.45) is 0 Å². The van der Waals surface area contributed by atoms with Gasteiger partial charge in [-0.25, -0.2) is 0 Å². The lowest BCUT2D eigenvalue weighted by Gasteiger charge is -1.89. The number of phenolic OH excluding ortho intramolecular Hbond substituents is 1. The molecule has 0 spiro atoms. The zero-order chi connectivity index (χ0) is 7.98. The Morgan fingerprint density at radius 2 is 1.40 bits per heavy atom. The molecular weight excluding hydrogens is 132 g/mol. The molecule has 0 aliphatic carbocycles. The molecule has 1 aromatic carbocycles. The number of rotatable bonds is 0. The molecule has 3 heteroatoms. The molecule has 0 saturated heterocycles. The molecule has 0 fully saturated rings. The Bertz CT molecular complexity index is 148. The summed E-state index contributed by atoms with van der Waals surface area (Å²) in [6.07, 6.45) is 0. The first-order valence-electron chi connectivity index (χ1n) is 2.74. The molecule has 0 amide bonds. The number of phenols is 1. The highest BCUT2D eigenvalue weighted by atomic mass is 17.0. The van der Waals surface area contributed by atoms with Crippen molar-refractivity contribution in [2.45, 2.75) is 6.92 Å². The minimum Gasteiger partial charge on any atom is -0.508 e. The quantitative estimate of drug-likeness (QED) is 0.381. The smallest absolute Gasteiger partial charge is 0.115 e. The molecule has 0 aromatic heterocycles. The van der Waals surface area contributed by atoms with Crippen LogP contribution < -0.4 is 0 Å². The van der Waals surface area contributed by atoms with Crippen molar-refractivity contribution in [1.29, 1.82) is 0 Å². The largest absolute Gasteiger partial charge is 0.508 e. The van der Waals surface area contributed by atoms with Gasteiger partial charge in [-0.1, -0.05) is 17.7 Å². The first-order valence-corrected chi connectivity index (χ1v) is 2.74. The highest BCUT2D eigenvalue weighted by molar-refractivity contribution is 5.24. The molecule has 0 heterocycles. The molecule has 10 heavy (non-hydrogen) atoms. The van der Waals surface area contributed by atoms with Crippen molar-refractivity contribution in [1.82, 2.24) is 0 Å². The van der Waals surface area contributed by atoms with Gasteiger partial charge in [0.1, 0.15) is 5.75 Å². The summed E-state index contributed by atoms with van der Waals surface area (Å²) in [6.45, 7) is 1.99. The van der Waals surface area contributed by atoms with E-state index in [1.165, 1.54) is 5.56 Å². The van der Waals surface area contributed by atoms with Crippen LogP contribution in [0.25, 0.3) is 0 Å². The maximum absolute atomic E-state index is 8.76. The van der Waals surface area contributed by atoms with E-state index in [0.717, 1.165) is 0 Å². The van der Waals surface area contributed by atoms with E-state index in [2.05, 4.69) is 0 Å². The first-order chi connectivity index (χ1) is 4.79. The Balaban J connectivity index is 0.000000371. The number of benzene rings is 1. The first kappa shape index (κ1) is 8.94. The standard InChI is InChI=1S/C7H8O.H2O2/c1-6-2-4-7(8)5-3-6;1-2/h2-5,8H,1H3;1-2H. The normalized spacial score (nSPS) is 7.90. The van der Waals surface area contributed by atoms with Crippen molar-refractivity contribution in [2.75, 3.05) is 0 Å². The van der Waals surface area contributed by atoms with E-state index in [9.17, 15) is 0 Å². The van der Waals surface area contributed by atoms with Gasteiger partial charge in [0.2, 0.25) is 0 Å². The predicted molar refractivity (Wildman–Crippen MR) is 38.1 cm³/mol. The summed E-state index contributed by atoms with van der Waals surface area (Å²) in [7, 11) is 0. The maximum atomic E-state index is 8.76. The van der Waals surface area contributed by atoms with E-state index < -0.39 is 0 Å². The molecule has 56 valence electrons. The van der Waals surface area contributed by atoms with Crippen LogP contribution in [0.15, 0.2) is 24.3 Å². The molecule has 1 rings (SSSR count). The van der Waals surface area contributed by atoms with Gasteiger partial charge >= 0.3 is 0 Å². The Kier molecular flexibility index (Phi) is 4.28. The second kappa shape index (κ2) is 4.78. The third kappa shape index (κ3) is 3.06. The molecule has 0 unspecified atom stereocenters. The Morgan fingerprint density at radius 3 is 1.70 bits per heavy atom. The van der Waals surface area contributed by atoms with Crippen LogP contribution in [0.3, 0.4) is 0 Å². The number of aromatic hydroxyl groups is 1. The highest BCUT2D eigenvalue weighted by Crippen LogP contribution is 2.07. The lowest BCUT2D eigenvalue weighted by Crippen LogP contribution is -1.66. The fourth-order valence-electron chi connectivity index (χ4n) is 0.545. The molecule has 0 bridgehead atoms. The average molecular weight is 142 g/mol. The summed E-state index contributed by atoms with van der Waals surface area (Å²) in [5.74, 6) is 0.329. The van der Waals surface area contributed by atoms with Gasteiger partial charge in [0, 0.05) is 0 Å². The zero-order valence-electron chi connectivity index (χ0n) is 5.65. The second-order valence-electron chi connectivity index (χ2n) is 1.84. The van der Waals surface area contributed by atoms with E-state index >= 15 is 0 Å². The fourth-order valence-corrected chi connectivity index (χ4v) is 0.545. The van der Waals surface area contributed by atoms with E-state index in [4.69, 9.17) is 15.6 Å². The van der Waals surface area contributed by atoms with E-state index in [1.54, 1.807) is 12.1 Å². The van der Waals surface area contributed by atoms with Crippen LogP contribution in [0.4, 0.5) is 0 Å². The lowest BCUT2D eigenvalue weighted by molar-refractivity contribution is -0.176. The Morgan fingerprint density at radius 1 is 1.00 bits per heavy atom. The zero-order valence-corrected chi connectivity index (χ0v) is 5.65. The topological polar surface area (TPSA) is 60.7 Å². The van der Waals surface area contributed by atoms with Crippen molar-refractivity contribution in [3.8, 4) is 5.75 Å². The molecule has 1 aromatic rings. The van der Waals surface area contributed by atoms with Crippen LogP contribution >= 0.6 is 0 Å². The van der Waals surface area contributed by atoms with Gasteiger partial charge in [-0.15, -0.1) is 0 Å². The number of hydrogen-bond donors (Lipinski definition) is 3. The lowest BCUT2D eigenvalue weighted by atomic mass is 10.2. The van der Waals surface area contributed by atoms with E-state index in [-0.39, 0.29) is 0 Å². The van der Waals surface area contributed by atoms with Gasteiger partial charge < -0.3 is 5.11 Å². The third-order valence-electron chi connectivity index (χ3n) is 1.03. The van der Waals surface area contributed by atoms with Gasteiger partial charge in [0.15, 0.2) is 0 Å². The Labute approximate surface area is 59.1 Å².